The highest BCUT2D eigenvalue weighted by Crippen LogP contribution is 2.37. The van der Waals surface area contributed by atoms with Crippen molar-refractivity contribution in [3.8, 4) is 0 Å². The first-order valence-electron chi connectivity index (χ1n) is 11.1. The van der Waals surface area contributed by atoms with E-state index in [2.05, 4.69) is 0 Å². The van der Waals surface area contributed by atoms with Crippen LogP contribution in [0.4, 0.5) is 0 Å². The third-order valence-corrected chi connectivity index (χ3v) is 6.16. The highest BCUT2D eigenvalue weighted by atomic mass is 16.1. The van der Waals surface area contributed by atoms with E-state index in [-0.39, 0.29) is 17.2 Å². The molecular formula is C22H42N2O2. The summed E-state index contributed by atoms with van der Waals surface area (Å²) in [5, 5.41) is 0. The third-order valence-electron chi connectivity index (χ3n) is 6.16. The molecular weight excluding hydrogens is 324 g/mol. The highest BCUT2D eigenvalue weighted by molar-refractivity contribution is 5.80. The Balaban J connectivity index is 2.44. The Kier molecular flexibility index (Phi) is 12.4. The zero-order valence-corrected chi connectivity index (χ0v) is 16.9. The Labute approximate surface area is 160 Å². The van der Waals surface area contributed by atoms with E-state index in [1.165, 1.54) is 51.4 Å². The van der Waals surface area contributed by atoms with Crippen molar-refractivity contribution in [3.05, 3.63) is 0 Å². The van der Waals surface area contributed by atoms with Gasteiger partial charge in [0.05, 0.1) is 0 Å². The van der Waals surface area contributed by atoms with Crippen LogP contribution in [-0.2, 0) is 9.59 Å². The van der Waals surface area contributed by atoms with E-state index in [9.17, 15) is 9.59 Å². The van der Waals surface area contributed by atoms with Crippen LogP contribution in [-0.4, -0.2) is 11.8 Å². The Morgan fingerprint density at radius 1 is 0.615 bits per heavy atom. The van der Waals surface area contributed by atoms with Gasteiger partial charge in [0.1, 0.15) is 0 Å². The molecule has 0 bridgehead atoms. The summed E-state index contributed by atoms with van der Waals surface area (Å²) in [5.41, 5.74) is 10.8. The van der Waals surface area contributed by atoms with Crippen LogP contribution in [0.25, 0.3) is 0 Å². The molecule has 0 aliphatic heterocycles. The fraction of sp³-hybridized carbons (Fsp3) is 0.909. The van der Waals surface area contributed by atoms with Gasteiger partial charge in [-0.15, -0.1) is 0 Å². The third kappa shape index (κ3) is 10.2. The summed E-state index contributed by atoms with van der Waals surface area (Å²) in [6.45, 7) is 0. The van der Waals surface area contributed by atoms with Crippen LogP contribution < -0.4 is 11.5 Å². The van der Waals surface area contributed by atoms with Crippen molar-refractivity contribution in [2.24, 2.45) is 16.9 Å². The van der Waals surface area contributed by atoms with E-state index in [1.54, 1.807) is 0 Å². The molecule has 1 aliphatic rings. The van der Waals surface area contributed by atoms with Crippen molar-refractivity contribution in [2.45, 2.75) is 122 Å². The second-order valence-corrected chi connectivity index (χ2v) is 8.41. The first kappa shape index (κ1) is 23.0. The molecule has 1 rings (SSSR count). The number of hydrogen-bond acceptors (Lipinski definition) is 2. The molecule has 0 aromatic rings. The van der Waals surface area contributed by atoms with Gasteiger partial charge in [-0.25, -0.2) is 0 Å². The molecule has 0 unspecified atom stereocenters. The Bertz CT molecular complexity index is 382. The molecule has 0 spiro atoms. The van der Waals surface area contributed by atoms with Crippen molar-refractivity contribution in [3.63, 3.8) is 0 Å². The van der Waals surface area contributed by atoms with E-state index in [0.717, 1.165) is 64.2 Å². The average Bonchev–Trinajstić information content (AvgIpc) is 2.62. The molecule has 0 radical (unpaired) electrons. The maximum atomic E-state index is 12.4. The van der Waals surface area contributed by atoms with Gasteiger partial charge in [0, 0.05) is 11.8 Å². The maximum absolute atomic E-state index is 12.4. The number of hydrogen-bond donors (Lipinski definition) is 2. The predicted molar refractivity (Wildman–Crippen MR) is 109 cm³/mol. The summed E-state index contributed by atoms with van der Waals surface area (Å²) >= 11 is 0. The molecule has 1 fully saturated rings. The number of nitrogens with two attached hydrogens (primary N) is 2. The van der Waals surface area contributed by atoms with Crippen LogP contribution in [0.3, 0.4) is 0 Å². The molecule has 4 heteroatoms. The van der Waals surface area contributed by atoms with Crippen molar-refractivity contribution < 1.29 is 9.59 Å². The largest absolute Gasteiger partial charge is 0.370 e. The van der Waals surface area contributed by atoms with Gasteiger partial charge >= 0.3 is 0 Å². The molecule has 0 aromatic carbocycles. The van der Waals surface area contributed by atoms with Crippen LogP contribution in [0.1, 0.15) is 122 Å². The number of unbranched alkanes of at least 4 members (excludes halogenated alkanes) is 4. The van der Waals surface area contributed by atoms with Gasteiger partial charge in [-0.05, 0) is 25.7 Å². The average molecular weight is 367 g/mol. The van der Waals surface area contributed by atoms with Crippen LogP contribution in [0, 0.1) is 5.41 Å². The van der Waals surface area contributed by atoms with E-state index in [1.807, 2.05) is 0 Å². The molecule has 152 valence electrons. The maximum Gasteiger partial charge on any atom is 0.223 e. The fourth-order valence-electron chi connectivity index (χ4n) is 4.38. The zero-order chi connectivity index (χ0) is 19.1. The number of carbonyl (C=O) groups is 2. The summed E-state index contributed by atoms with van der Waals surface area (Å²) in [7, 11) is 0. The topological polar surface area (TPSA) is 86.2 Å². The summed E-state index contributed by atoms with van der Waals surface area (Å²) in [5.74, 6) is -0.275. The lowest BCUT2D eigenvalue weighted by molar-refractivity contribution is -0.129. The van der Waals surface area contributed by atoms with E-state index in [4.69, 9.17) is 11.5 Å². The van der Waals surface area contributed by atoms with Gasteiger partial charge < -0.3 is 11.5 Å². The minimum absolute atomic E-state index is 0.0684. The summed E-state index contributed by atoms with van der Waals surface area (Å²) in [6, 6.07) is 0. The van der Waals surface area contributed by atoms with E-state index >= 15 is 0 Å². The van der Waals surface area contributed by atoms with Crippen LogP contribution in [0.5, 0.6) is 0 Å². The fourth-order valence-corrected chi connectivity index (χ4v) is 4.38. The highest BCUT2D eigenvalue weighted by Gasteiger charge is 2.34. The first-order chi connectivity index (χ1) is 12.6. The van der Waals surface area contributed by atoms with Gasteiger partial charge in [0.25, 0.3) is 0 Å². The van der Waals surface area contributed by atoms with Crippen LogP contribution in [0.2, 0.25) is 0 Å². The van der Waals surface area contributed by atoms with Crippen LogP contribution >= 0.6 is 0 Å². The second-order valence-electron chi connectivity index (χ2n) is 8.41. The Morgan fingerprint density at radius 2 is 1.04 bits per heavy atom. The number of amides is 2. The molecule has 1 saturated carbocycles. The summed E-state index contributed by atoms with van der Waals surface area (Å²) < 4.78 is 0. The Hall–Kier alpha value is -1.06. The van der Waals surface area contributed by atoms with E-state index < -0.39 is 0 Å². The van der Waals surface area contributed by atoms with Crippen molar-refractivity contribution >= 4 is 11.8 Å². The van der Waals surface area contributed by atoms with Gasteiger partial charge in [-0.2, -0.15) is 0 Å². The first-order valence-corrected chi connectivity index (χ1v) is 11.1. The van der Waals surface area contributed by atoms with Crippen LogP contribution in [0.15, 0.2) is 0 Å². The predicted octanol–water partition coefficient (Wildman–Crippen LogP) is 5.37. The molecule has 0 saturated heterocycles. The number of rotatable bonds is 9. The quantitative estimate of drug-likeness (QED) is 0.537. The monoisotopic (exact) mass is 366 g/mol. The number of carbonyl (C=O) groups excluding carboxylic acids is 2. The Morgan fingerprint density at radius 3 is 1.50 bits per heavy atom. The van der Waals surface area contributed by atoms with Gasteiger partial charge in [-0.3, -0.25) is 9.59 Å². The molecule has 0 aromatic heterocycles. The molecule has 4 N–H and O–H groups in total. The lowest BCUT2D eigenvalue weighted by atomic mass is 9.73. The molecule has 2 amide bonds. The SMILES string of the molecule is NC(=O)CCCCCCCC1(C(N)=O)CCCCCCCCCCCC1. The molecule has 0 atom stereocenters. The molecule has 26 heavy (non-hydrogen) atoms. The lowest BCUT2D eigenvalue weighted by Crippen LogP contribution is -2.37. The van der Waals surface area contributed by atoms with Gasteiger partial charge in [0.2, 0.25) is 11.8 Å². The molecule has 1 aliphatic carbocycles. The van der Waals surface area contributed by atoms with E-state index in [0.29, 0.717) is 6.42 Å². The standard InChI is InChI=1S/C22H42N2O2/c23-20(25)16-12-8-7-11-15-19-22(21(24)26)17-13-9-5-3-1-2-4-6-10-14-18-22/h1-19H2,(H2,23,25)(H2,24,26). The minimum Gasteiger partial charge on any atom is -0.370 e. The second kappa shape index (κ2) is 14.1. The zero-order valence-electron chi connectivity index (χ0n) is 16.9. The normalized spacial score (nSPS) is 19.7. The van der Waals surface area contributed by atoms with Crippen molar-refractivity contribution in [1.29, 1.82) is 0 Å². The number of primary amides is 2. The summed E-state index contributed by atoms with van der Waals surface area (Å²) in [6.07, 6.45) is 21.4. The molecule has 4 nitrogen and oxygen atoms in total. The van der Waals surface area contributed by atoms with Crippen molar-refractivity contribution in [1.82, 2.24) is 0 Å². The summed E-state index contributed by atoms with van der Waals surface area (Å²) in [4.78, 5) is 23.1. The smallest absolute Gasteiger partial charge is 0.223 e. The lowest BCUT2D eigenvalue weighted by Gasteiger charge is -2.31. The molecule has 0 heterocycles. The minimum atomic E-state index is -0.277. The van der Waals surface area contributed by atoms with Gasteiger partial charge in [-0.1, -0.05) is 89.9 Å². The van der Waals surface area contributed by atoms with Gasteiger partial charge in [0.15, 0.2) is 0 Å². The van der Waals surface area contributed by atoms with Crippen molar-refractivity contribution in [2.75, 3.05) is 0 Å².